The lowest BCUT2D eigenvalue weighted by atomic mass is 9.58. The van der Waals surface area contributed by atoms with Crippen molar-refractivity contribution in [1.29, 1.82) is 0 Å². The molecule has 1 heterocycles. The second-order valence-corrected chi connectivity index (χ2v) is 8.61. The maximum Gasteiger partial charge on any atom is 0.307 e. The van der Waals surface area contributed by atoms with Crippen LogP contribution in [0.4, 0.5) is 0 Å². The van der Waals surface area contributed by atoms with Gasteiger partial charge in [0.25, 0.3) is 0 Å². The molecule has 1 aromatic carbocycles. The lowest BCUT2D eigenvalue weighted by Gasteiger charge is -2.46. The number of carboxylic acid groups (broad SMARTS) is 1. The molecule has 27 heavy (non-hydrogen) atoms. The fraction of sp³-hybridized carbons (Fsp3) is 0.636. The number of piperidine rings is 1. The molecule has 4 aliphatic rings. The first kappa shape index (κ1) is 18.5. The van der Waals surface area contributed by atoms with Crippen molar-refractivity contribution in [2.75, 3.05) is 13.1 Å². The third-order valence-corrected chi connectivity index (χ3v) is 6.99. The molecule has 3 aliphatic carbocycles. The Morgan fingerprint density at radius 3 is 2.11 bits per heavy atom. The largest absolute Gasteiger partial charge is 0.481 e. The number of fused-ring (bicyclic) bond motifs is 3. The van der Waals surface area contributed by atoms with Crippen LogP contribution in [0, 0.1) is 23.7 Å². The van der Waals surface area contributed by atoms with Gasteiger partial charge in [-0.05, 0) is 55.9 Å². The first-order valence-electron chi connectivity index (χ1n) is 10.4. The fourth-order valence-corrected chi connectivity index (χ4v) is 5.56. The molecule has 5 nitrogen and oxygen atoms in total. The number of amides is 1. The van der Waals surface area contributed by atoms with Gasteiger partial charge in [0.05, 0.1) is 11.8 Å². The summed E-state index contributed by atoms with van der Waals surface area (Å²) >= 11 is 0. The summed E-state index contributed by atoms with van der Waals surface area (Å²) in [5.74, 6) is -1.13. The minimum Gasteiger partial charge on any atom is -0.481 e. The number of aliphatic carboxylic acids is 1. The zero-order chi connectivity index (χ0) is 18.8. The van der Waals surface area contributed by atoms with E-state index >= 15 is 0 Å². The van der Waals surface area contributed by atoms with Crippen molar-refractivity contribution < 1.29 is 14.7 Å². The molecule has 1 aromatic rings. The van der Waals surface area contributed by atoms with Crippen molar-refractivity contribution in [2.24, 2.45) is 23.7 Å². The summed E-state index contributed by atoms with van der Waals surface area (Å²) in [6.45, 7) is 2.90. The van der Waals surface area contributed by atoms with Gasteiger partial charge in [-0.2, -0.15) is 0 Å². The van der Waals surface area contributed by atoms with E-state index in [1.54, 1.807) is 0 Å². The smallest absolute Gasteiger partial charge is 0.307 e. The van der Waals surface area contributed by atoms with Gasteiger partial charge in [0.2, 0.25) is 5.91 Å². The minimum absolute atomic E-state index is 0.00157. The number of hydrogen-bond donors (Lipinski definition) is 2. The summed E-state index contributed by atoms with van der Waals surface area (Å²) in [6, 6.07) is 10.7. The van der Waals surface area contributed by atoms with Gasteiger partial charge < -0.3 is 10.4 Å². The standard InChI is InChI=1S/C22H30N2O3/c25-21(19-16-6-8-17(9-7-16)20(19)22(26)27)23-18-10-12-24(13-11-18)14-15-4-2-1-3-5-15/h1-5,16-20H,6-14H2,(H,23,25)(H,26,27)/t16?,17?,19-,20-/m0/s1. The Kier molecular flexibility index (Phi) is 5.48. The lowest BCUT2D eigenvalue weighted by Crippen LogP contribution is -2.53. The van der Waals surface area contributed by atoms with E-state index in [2.05, 4.69) is 34.5 Å². The highest BCUT2D eigenvalue weighted by molar-refractivity contribution is 5.85. The Bertz CT molecular complexity index is 661. The molecule has 0 spiro atoms. The molecule has 3 saturated carbocycles. The van der Waals surface area contributed by atoms with Crippen molar-refractivity contribution in [2.45, 2.75) is 51.1 Å². The van der Waals surface area contributed by atoms with Gasteiger partial charge in [-0.1, -0.05) is 30.3 Å². The molecule has 2 bridgehead atoms. The first-order chi connectivity index (χ1) is 13.1. The number of nitrogens with zero attached hydrogens (tertiary/aromatic N) is 1. The van der Waals surface area contributed by atoms with Crippen molar-refractivity contribution in [3.8, 4) is 0 Å². The van der Waals surface area contributed by atoms with E-state index in [9.17, 15) is 14.7 Å². The molecule has 2 atom stereocenters. The topological polar surface area (TPSA) is 69.6 Å². The third-order valence-electron chi connectivity index (χ3n) is 6.99. The third kappa shape index (κ3) is 4.03. The maximum atomic E-state index is 13.0. The van der Waals surface area contributed by atoms with Crippen molar-refractivity contribution in [1.82, 2.24) is 10.2 Å². The SMILES string of the molecule is O=C(O)[C@H]1C2CCC(CC2)[C@@H]1C(=O)NC1CCN(Cc2ccccc2)CC1. The Balaban J connectivity index is 1.31. The zero-order valence-electron chi connectivity index (χ0n) is 15.8. The second-order valence-electron chi connectivity index (χ2n) is 8.61. The number of benzene rings is 1. The number of likely N-dealkylation sites (tertiary alicyclic amines) is 1. The van der Waals surface area contributed by atoms with Crippen LogP contribution >= 0.6 is 0 Å². The summed E-state index contributed by atoms with van der Waals surface area (Å²) in [4.78, 5) is 27.2. The molecule has 5 rings (SSSR count). The van der Waals surface area contributed by atoms with E-state index in [1.807, 2.05) is 6.07 Å². The number of carbonyl (C=O) groups excluding carboxylic acids is 1. The van der Waals surface area contributed by atoms with E-state index in [1.165, 1.54) is 5.56 Å². The molecule has 1 amide bonds. The number of carboxylic acids is 1. The van der Waals surface area contributed by atoms with Crippen LogP contribution in [-0.2, 0) is 16.1 Å². The van der Waals surface area contributed by atoms with Crippen LogP contribution in [0.2, 0.25) is 0 Å². The van der Waals surface area contributed by atoms with Crippen LogP contribution in [0.5, 0.6) is 0 Å². The molecule has 146 valence electrons. The highest BCUT2D eigenvalue weighted by Gasteiger charge is 2.50. The summed E-state index contributed by atoms with van der Waals surface area (Å²) in [5, 5.41) is 12.9. The summed E-state index contributed by atoms with van der Waals surface area (Å²) in [5.41, 5.74) is 1.32. The van der Waals surface area contributed by atoms with E-state index < -0.39 is 11.9 Å². The lowest BCUT2D eigenvalue weighted by molar-refractivity contribution is -0.158. The number of carbonyl (C=O) groups is 2. The highest BCUT2D eigenvalue weighted by atomic mass is 16.4. The van der Waals surface area contributed by atoms with Crippen LogP contribution in [-0.4, -0.2) is 41.0 Å². The van der Waals surface area contributed by atoms with Crippen molar-refractivity contribution >= 4 is 11.9 Å². The first-order valence-corrected chi connectivity index (χ1v) is 10.4. The van der Waals surface area contributed by atoms with Crippen LogP contribution in [0.15, 0.2) is 30.3 Å². The van der Waals surface area contributed by atoms with Crippen molar-refractivity contribution in [3.05, 3.63) is 35.9 Å². The zero-order valence-corrected chi connectivity index (χ0v) is 15.8. The average molecular weight is 370 g/mol. The van der Waals surface area contributed by atoms with E-state index in [0.717, 1.165) is 58.2 Å². The second kappa shape index (κ2) is 8.01. The van der Waals surface area contributed by atoms with Gasteiger partial charge in [-0.3, -0.25) is 14.5 Å². The average Bonchev–Trinajstić information content (AvgIpc) is 2.70. The maximum absolute atomic E-state index is 13.0. The molecular formula is C22H30N2O3. The Morgan fingerprint density at radius 1 is 0.926 bits per heavy atom. The molecule has 1 saturated heterocycles. The van der Waals surface area contributed by atoms with E-state index in [-0.39, 0.29) is 29.7 Å². The van der Waals surface area contributed by atoms with Crippen LogP contribution < -0.4 is 5.32 Å². The van der Waals surface area contributed by atoms with E-state index in [4.69, 9.17) is 0 Å². The van der Waals surface area contributed by atoms with Crippen LogP contribution in [0.25, 0.3) is 0 Å². The van der Waals surface area contributed by atoms with Crippen molar-refractivity contribution in [3.63, 3.8) is 0 Å². The minimum atomic E-state index is -0.776. The molecule has 4 fully saturated rings. The van der Waals surface area contributed by atoms with Gasteiger partial charge >= 0.3 is 5.97 Å². The summed E-state index contributed by atoms with van der Waals surface area (Å²) in [6.07, 6.45) is 5.87. The molecule has 0 radical (unpaired) electrons. The van der Waals surface area contributed by atoms with Gasteiger partial charge in [0.1, 0.15) is 0 Å². The Labute approximate surface area is 161 Å². The van der Waals surface area contributed by atoms with Crippen LogP contribution in [0.1, 0.15) is 44.1 Å². The number of nitrogens with one attached hydrogen (secondary N) is 1. The number of rotatable bonds is 5. The van der Waals surface area contributed by atoms with E-state index in [0.29, 0.717) is 0 Å². The summed E-state index contributed by atoms with van der Waals surface area (Å²) in [7, 11) is 0. The molecule has 0 unspecified atom stereocenters. The summed E-state index contributed by atoms with van der Waals surface area (Å²) < 4.78 is 0. The highest BCUT2D eigenvalue weighted by Crippen LogP contribution is 2.49. The Hall–Kier alpha value is -1.88. The van der Waals surface area contributed by atoms with Gasteiger partial charge in [0, 0.05) is 25.7 Å². The quantitative estimate of drug-likeness (QED) is 0.836. The fourth-order valence-electron chi connectivity index (χ4n) is 5.56. The normalized spacial score (nSPS) is 31.6. The predicted molar refractivity (Wildman–Crippen MR) is 103 cm³/mol. The Morgan fingerprint density at radius 2 is 1.52 bits per heavy atom. The van der Waals surface area contributed by atoms with Gasteiger partial charge in [-0.25, -0.2) is 0 Å². The molecule has 1 aliphatic heterocycles. The predicted octanol–water partition coefficient (Wildman–Crippen LogP) is 2.90. The van der Waals surface area contributed by atoms with Crippen LogP contribution in [0.3, 0.4) is 0 Å². The van der Waals surface area contributed by atoms with Gasteiger partial charge in [-0.15, -0.1) is 0 Å². The molecule has 5 heteroatoms. The number of hydrogen-bond acceptors (Lipinski definition) is 3. The molecular weight excluding hydrogens is 340 g/mol. The monoisotopic (exact) mass is 370 g/mol. The van der Waals surface area contributed by atoms with Gasteiger partial charge in [0.15, 0.2) is 0 Å². The molecule has 2 N–H and O–H groups in total. The molecule has 0 aromatic heterocycles.